The van der Waals surface area contributed by atoms with Gasteiger partial charge in [0.25, 0.3) is 0 Å². The second-order valence-corrected chi connectivity index (χ2v) is 7.69. The SMILES string of the molecule is Cc1cncc(-c2ccncc2-c2cc(F)c(S(C)(=O)=O)cc2F)c1. The van der Waals surface area contributed by atoms with E-state index in [1.54, 1.807) is 24.7 Å². The lowest BCUT2D eigenvalue weighted by Gasteiger charge is -2.12. The Labute approximate surface area is 144 Å². The molecule has 0 aliphatic carbocycles. The number of hydrogen-bond acceptors (Lipinski definition) is 4. The number of hydrogen-bond donors (Lipinski definition) is 0. The maximum atomic E-state index is 14.5. The summed E-state index contributed by atoms with van der Waals surface area (Å²) in [5.74, 6) is -1.84. The number of pyridine rings is 2. The van der Waals surface area contributed by atoms with Gasteiger partial charge in [0.1, 0.15) is 16.5 Å². The van der Waals surface area contributed by atoms with Gasteiger partial charge in [-0.25, -0.2) is 17.2 Å². The van der Waals surface area contributed by atoms with Crippen molar-refractivity contribution >= 4 is 9.84 Å². The van der Waals surface area contributed by atoms with Crippen LogP contribution < -0.4 is 0 Å². The van der Waals surface area contributed by atoms with E-state index < -0.39 is 26.4 Å². The Hall–Kier alpha value is -2.67. The molecule has 0 aliphatic heterocycles. The summed E-state index contributed by atoms with van der Waals surface area (Å²) < 4.78 is 51.9. The Morgan fingerprint density at radius 3 is 2.32 bits per heavy atom. The predicted molar refractivity (Wildman–Crippen MR) is 90.7 cm³/mol. The lowest BCUT2D eigenvalue weighted by molar-refractivity contribution is 0.557. The largest absolute Gasteiger partial charge is 0.264 e. The highest BCUT2D eigenvalue weighted by molar-refractivity contribution is 7.90. The third-order valence-electron chi connectivity index (χ3n) is 3.72. The quantitative estimate of drug-likeness (QED) is 0.713. The third kappa shape index (κ3) is 3.41. The Bertz CT molecular complexity index is 1070. The summed E-state index contributed by atoms with van der Waals surface area (Å²) >= 11 is 0. The molecule has 0 amide bonds. The lowest BCUT2D eigenvalue weighted by atomic mass is 9.96. The van der Waals surface area contributed by atoms with Crippen molar-refractivity contribution in [3.63, 3.8) is 0 Å². The van der Waals surface area contributed by atoms with E-state index in [0.717, 1.165) is 23.4 Å². The highest BCUT2D eigenvalue weighted by Crippen LogP contribution is 2.34. The normalized spacial score (nSPS) is 11.5. The van der Waals surface area contributed by atoms with E-state index in [2.05, 4.69) is 9.97 Å². The van der Waals surface area contributed by atoms with E-state index in [4.69, 9.17) is 0 Å². The van der Waals surface area contributed by atoms with Gasteiger partial charge in [0.2, 0.25) is 0 Å². The minimum Gasteiger partial charge on any atom is -0.264 e. The molecule has 2 heterocycles. The van der Waals surface area contributed by atoms with Crippen LogP contribution in [0.4, 0.5) is 8.78 Å². The molecular weight excluding hydrogens is 346 g/mol. The monoisotopic (exact) mass is 360 g/mol. The molecule has 7 heteroatoms. The molecule has 2 aromatic heterocycles. The molecule has 128 valence electrons. The molecule has 3 aromatic rings. The Balaban J connectivity index is 2.24. The zero-order valence-corrected chi connectivity index (χ0v) is 14.3. The van der Waals surface area contributed by atoms with Crippen molar-refractivity contribution < 1.29 is 17.2 Å². The van der Waals surface area contributed by atoms with Crippen LogP contribution in [0.25, 0.3) is 22.3 Å². The molecule has 0 radical (unpaired) electrons. The summed E-state index contributed by atoms with van der Waals surface area (Å²) in [4.78, 5) is 7.43. The van der Waals surface area contributed by atoms with Gasteiger partial charge in [0.15, 0.2) is 9.84 Å². The molecule has 4 nitrogen and oxygen atoms in total. The molecular formula is C18H14F2N2O2S. The number of nitrogens with zero attached hydrogens (tertiary/aromatic N) is 2. The van der Waals surface area contributed by atoms with Crippen molar-refractivity contribution in [1.82, 2.24) is 9.97 Å². The van der Waals surface area contributed by atoms with Gasteiger partial charge in [-0.1, -0.05) is 0 Å². The molecule has 3 rings (SSSR count). The summed E-state index contributed by atoms with van der Waals surface area (Å²) in [5.41, 5.74) is 2.56. The number of aryl methyl sites for hydroxylation is 1. The van der Waals surface area contributed by atoms with E-state index >= 15 is 0 Å². The first-order chi connectivity index (χ1) is 11.8. The highest BCUT2D eigenvalue weighted by Gasteiger charge is 2.20. The van der Waals surface area contributed by atoms with Crippen LogP contribution in [0.3, 0.4) is 0 Å². The maximum Gasteiger partial charge on any atom is 0.178 e. The van der Waals surface area contributed by atoms with Crippen LogP contribution in [0.2, 0.25) is 0 Å². The van der Waals surface area contributed by atoms with E-state index in [1.807, 2.05) is 13.0 Å². The van der Waals surface area contributed by atoms with E-state index in [0.29, 0.717) is 17.2 Å². The molecule has 0 spiro atoms. The van der Waals surface area contributed by atoms with Crippen LogP contribution in [0.5, 0.6) is 0 Å². The first-order valence-electron chi connectivity index (χ1n) is 7.33. The zero-order valence-electron chi connectivity index (χ0n) is 13.5. The van der Waals surface area contributed by atoms with Crippen molar-refractivity contribution in [3.8, 4) is 22.3 Å². The van der Waals surface area contributed by atoms with E-state index in [-0.39, 0.29) is 5.56 Å². The van der Waals surface area contributed by atoms with Gasteiger partial charge in [-0.2, -0.15) is 0 Å². The van der Waals surface area contributed by atoms with Crippen LogP contribution in [-0.2, 0) is 9.84 Å². The third-order valence-corrected chi connectivity index (χ3v) is 4.83. The topological polar surface area (TPSA) is 59.9 Å². The van der Waals surface area contributed by atoms with Crippen molar-refractivity contribution in [1.29, 1.82) is 0 Å². The molecule has 0 atom stereocenters. The van der Waals surface area contributed by atoms with Crippen molar-refractivity contribution in [3.05, 3.63) is 66.3 Å². The van der Waals surface area contributed by atoms with Crippen molar-refractivity contribution in [2.45, 2.75) is 11.8 Å². The summed E-state index contributed by atoms with van der Waals surface area (Å²) in [7, 11) is -3.86. The van der Waals surface area contributed by atoms with Crippen molar-refractivity contribution in [2.75, 3.05) is 6.26 Å². The number of rotatable bonds is 3. The van der Waals surface area contributed by atoms with E-state index in [1.165, 1.54) is 6.20 Å². The van der Waals surface area contributed by atoms with Gasteiger partial charge in [-0.15, -0.1) is 0 Å². The second kappa shape index (κ2) is 6.33. The molecule has 1 aromatic carbocycles. The predicted octanol–water partition coefficient (Wildman–Crippen LogP) is 3.80. The van der Waals surface area contributed by atoms with Crippen LogP contribution in [-0.4, -0.2) is 24.6 Å². The molecule has 0 unspecified atom stereocenters. The minimum absolute atomic E-state index is 0.0606. The first-order valence-corrected chi connectivity index (χ1v) is 9.22. The van der Waals surface area contributed by atoms with Gasteiger partial charge >= 0.3 is 0 Å². The van der Waals surface area contributed by atoms with Gasteiger partial charge in [0.05, 0.1) is 0 Å². The van der Waals surface area contributed by atoms with Crippen molar-refractivity contribution in [2.24, 2.45) is 0 Å². The molecule has 0 N–H and O–H groups in total. The van der Waals surface area contributed by atoms with Crippen LogP contribution >= 0.6 is 0 Å². The molecule has 0 fully saturated rings. The molecule has 0 bridgehead atoms. The molecule has 0 aliphatic rings. The van der Waals surface area contributed by atoms with Gasteiger partial charge < -0.3 is 0 Å². The Morgan fingerprint density at radius 2 is 1.64 bits per heavy atom. The Morgan fingerprint density at radius 1 is 0.880 bits per heavy atom. The summed E-state index contributed by atoms with van der Waals surface area (Å²) in [6, 6.07) is 5.12. The van der Waals surface area contributed by atoms with Gasteiger partial charge in [-0.3, -0.25) is 9.97 Å². The fraction of sp³-hybridized carbons (Fsp3) is 0.111. The van der Waals surface area contributed by atoms with E-state index in [9.17, 15) is 17.2 Å². The lowest BCUT2D eigenvalue weighted by Crippen LogP contribution is -2.03. The summed E-state index contributed by atoms with van der Waals surface area (Å²) in [6.07, 6.45) is 7.09. The number of aromatic nitrogens is 2. The second-order valence-electron chi connectivity index (χ2n) is 5.71. The maximum absolute atomic E-state index is 14.5. The number of sulfone groups is 1. The molecule has 0 saturated heterocycles. The standard InChI is InChI=1S/C18H14F2N2O2S/c1-11-5-12(9-22-8-11)13-3-4-21-10-15(13)14-6-17(20)18(7-16(14)19)25(2,23)24/h3-10H,1-2H3. The molecule has 0 saturated carbocycles. The van der Waals surface area contributed by atoms with Crippen LogP contribution in [0, 0.1) is 18.6 Å². The fourth-order valence-corrected chi connectivity index (χ4v) is 3.31. The number of halogens is 2. The highest BCUT2D eigenvalue weighted by atomic mass is 32.2. The fourth-order valence-electron chi connectivity index (χ4n) is 2.58. The van der Waals surface area contributed by atoms with Gasteiger partial charge in [0, 0.05) is 47.7 Å². The first kappa shape index (κ1) is 17.2. The average Bonchev–Trinajstić information content (AvgIpc) is 2.55. The zero-order chi connectivity index (χ0) is 18.2. The average molecular weight is 360 g/mol. The Kier molecular flexibility index (Phi) is 4.34. The smallest absolute Gasteiger partial charge is 0.178 e. The summed E-state index contributed by atoms with van der Waals surface area (Å²) in [5, 5.41) is 0. The van der Waals surface area contributed by atoms with Crippen LogP contribution in [0.15, 0.2) is 53.9 Å². The molecule has 25 heavy (non-hydrogen) atoms. The number of benzene rings is 1. The summed E-state index contributed by atoms with van der Waals surface area (Å²) in [6.45, 7) is 1.87. The minimum atomic E-state index is -3.86. The van der Waals surface area contributed by atoms with Gasteiger partial charge in [-0.05, 0) is 42.3 Å². The van der Waals surface area contributed by atoms with Crippen LogP contribution in [0.1, 0.15) is 5.56 Å².